The van der Waals surface area contributed by atoms with Gasteiger partial charge in [0.1, 0.15) is 0 Å². The summed E-state index contributed by atoms with van der Waals surface area (Å²) in [4.78, 5) is 14.6. The van der Waals surface area contributed by atoms with Crippen LogP contribution in [0.2, 0.25) is 5.02 Å². The SMILES string of the molecule is Cc1ccc(S(=O)(=O)NCC2CCCN(C(=O)C=Cc3ccc(Cl)cc3)C2)cc1. The van der Waals surface area contributed by atoms with E-state index < -0.39 is 10.0 Å². The highest BCUT2D eigenvalue weighted by Crippen LogP contribution is 2.18. The van der Waals surface area contributed by atoms with Crippen molar-refractivity contribution in [2.24, 2.45) is 5.92 Å². The third-order valence-corrected chi connectivity index (χ3v) is 6.70. The summed E-state index contributed by atoms with van der Waals surface area (Å²) in [6.45, 7) is 3.46. The summed E-state index contributed by atoms with van der Waals surface area (Å²) >= 11 is 5.87. The lowest BCUT2D eigenvalue weighted by Crippen LogP contribution is -2.43. The predicted octanol–water partition coefficient (Wildman–Crippen LogP) is 3.88. The van der Waals surface area contributed by atoms with E-state index in [-0.39, 0.29) is 16.7 Å². The summed E-state index contributed by atoms with van der Waals surface area (Å²) in [5.41, 5.74) is 1.92. The van der Waals surface area contributed by atoms with Crippen LogP contribution in [0.25, 0.3) is 6.08 Å². The number of rotatable bonds is 6. The first-order valence-corrected chi connectivity index (χ1v) is 11.5. The van der Waals surface area contributed by atoms with Gasteiger partial charge in [0.25, 0.3) is 0 Å². The van der Waals surface area contributed by atoms with Gasteiger partial charge in [-0.2, -0.15) is 0 Å². The van der Waals surface area contributed by atoms with E-state index in [1.54, 1.807) is 53.5 Å². The van der Waals surface area contributed by atoms with Crippen LogP contribution < -0.4 is 4.72 Å². The monoisotopic (exact) mass is 432 g/mol. The third-order valence-electron chi connectivity index (χ3n) is 5.01. The van der Waals surface area contributed by atoms with Crippen LogP contribution in [0, 0.1) is 12.8 Å². The van der Waals surface area contributed by atoms with E-state index >= 15 is 0 Å². The summed E-state index contributed by atoms with van der Waals surface area (Å²) in [5.74, 6) is 0.0305. The average molecular weight is 433 g/mol. The number of amides is 1. The van der Waals surface area contributed by atoms with Crippen molar-refractivity contribution in [1.82, 2.24) is 9.62 Å². The molecule has 0 saturated carbocycles. The Bertz CT molecular complexity index is 970. The molecule has 1 aliphatic heterocycles. The molecule has 0 bridgehead atoms. The minimum absolute atomic E-state index is 0.0639. The van der Waals surface area contributed by atoms with Crippen molar-refractivity contribution in [3.05, 3.63) is 70.8 Å². The Balaban J connectivity index is 1.55. The van der Waals surface area contributed by atoms with Crippen molar-refractivity contribution in [2.75, 3.05) is 19.6 Å². The molecule has 29 heavy (non-hydrogen) atoms. The maximum atomic E-state index is 12.5. The van der Waals surface area contributed by atoms with Crippen molar-refractivity contribution in [3.8, 4) is 0 Å². The molecule has 0 aromatic heterocycles. The van der Waals surface area contributed by atoms with Crippen LogP contribution in [0.4, 0.5) is 0 Å². The molecule has 1 aliphatic rings. The standard InChI is InChI=1S/C22H25ClN2O3S/c1-17-4-11-21(12-5-17)29(27,28)24-15-19-3-2-14-25(16-19)22(26)13-8-18-6-9-20(23)10-7-18/h4-13,19,24H,2-3,14-16H2,1H3. The fraction of sp³-hybridized carbons (Fsp3) is 0.318. The van der Waals surface area contributed by atoms with Crippen molar-refractivity contribution in [2.45, 2.75) is 24.7 Å². The molecule has 1 unspecified atom stereocenters. The first-order chi connectivity index (χ1) is 13.8. The van der Waals surface area contributed by atoms with E-state index in [1.165, 1.54) is 0 Å². The molecule has 1 fully saturated rings. The Morgan fingerprint density at radius 1 is 1.17 bits per heavy atom. The number of benzene rings is 2. The van der Waals surface area contributed by atoms with Gasteiger partial charge in [-0.25, -0.2) is 13.1 Å². The summed E-state index contributed by atoms with van der Waals surface area (Å²) in [7, 11) is -3.54. The van der Waals surface area contributed by atoms with Crippen LogP contribution in [0.1, 0.15) is 24.0 Å². The summed E-state index contributed by atoms with van der Waals surface area (Å²) in [5, 5.41) is 0.653. The van der Waals surface area contributed by atoms with Crippen LogP contribution >= 0.6 is 11.6 Å². The molecule has 0 spiro atoms. The summed E-state index contributed by atoms with van der Waals surface area (Å²) in [6, 6.07) is 14.0. The van der Waals surface area contributed by atoms with Gasteiger partial charge >= 0.3 is 0 Å². The van der Waals surface area contributed by atoms with Crippen molar-refractivity contribution < 1.29 is 13.2 Å². The highest BCUT2D eigenvalue weighted by molar-refractivity contribution is 7.89. The molecule has 5 nitrogen and oxygen atoms in total. The van der Waals surface area contributed by atoms with E-state index in [1.807, 2.05) is 19.1 Å². The summed E-state index contributed by atoms with van der Waals surface area (Å²) in [6.07, 6.45) is 5.07. The molecular formula is C22H25ClN2O3S. The van der Waals surface area contributed by atoms with Crippen LogP contribution in [-0.4, -0.2) is 38.9 Å². The van der Waals surface area contributed by atoms with Crippen molar-refractivity contribution in [1.29, 1.82) is 0 Å². The highest BCUT2D eigenvalue weighted by atomic mass is 35.5. The first kappa shape index (κ1) is 21.6. The van der Waals surface area contributed by atoms with Gasteiger partial charge in [0.2, 0.25) is 15.9 Å². The minimum atomic E-state index is -3.54. The maximum Gasteiger partial charge on any atom is 0.246 e. The third kappa shape index (κ3) is 6.16. The van der Waals surface area contributed by atoms with Gasteiger partial charge in [-0.15, -0.1) is 0 Å². The number of sulfonamides is 1. The molecule has 7 heteroatoms. The van der Waals surface area contributed by atoms with E-state index in [9.17, 15) is 13.2 Å². The average Bonchev–Trinajstić information content (AvgIpc) is 2.72. The van der Waals surface area contributed by atoms with E-state index in [0.717, 1.165) is 24.0 Å². The van der Waals surface area contributed by atoms with Gasteiger partial charge in [-0.1, -0.05) is 41.4 Å². The predicted molar refractivity (Wildman–Crippen MR) is 116 cm³/mol. The number of aryl methyl sites for hydroxylation is 1. The number of halogens is 1. The molecule has 1 atom stereocenters. The normalized spacial score (nSPS) is 17.6. The number of likely N-dealkylation sites (tertiary alicyclic amines) is 1. The Kier molecular flexibility index (Phi) is 7.11. The number of nitrogens with one attached hydrogen (secondary N) is 1. The number of carbonyl (C=O) groups excluding carboxylic acids is 1. The van der Waals surface area contributed by atoms with Crippen LogP contribution in [0.15, 0.2) is 59.5 Å². The number of carbonyl (C=O) groups is 1. The fourth-order valence-electron chi connectivity index (χ4n) is 3.31. The first-order valence-electron chi connectivity index (χ1n) is 9.62. The van der Waals surface area contributed by atoms with Crippen LogP contribution in [-0.2, 0) is 14.8 Å². The van der Waals surface area contributed by atoms with Crippen LogP contribution in [0.5, 0.6) is 0 Å². The number of hydrogen-bond donors (Lipinski definition) is 1. The van der Waals surface area contributed by atoms with Gasteiger partial charge in [0.05, 0.1) is 4.90 Å². The molecule has 0 radical (unpaired) electrons. The molecule has 1 saturated heterocycles. The Hall–Kier alpha value is -2.15. The lowest BCUT2D eigenvalue weighted by atomic mass is 9.98. The highest BCUT2D eigenvalue weighted by Gasteiger charge is 2.24. The van der Waals surface area contributed by atoms with E-state index in [0.29, 0.717) is 24.7 Å². The van der Waals surface area contributed by atoms with E-state index in [2.05, 4.69) is 4.72 Å². The lowest BCUT2D eigenvalue weighted by Gasteiger charge is -2.32. The fourth-order valence-corrected chi connectivity index (χ4v) is 4.55. The number of hydrogen-bond acceptors (Lipinski definition) is 3. The zero-order chi connectivity index (χ0) is 20.9. The van der Waals surface area contributed by atoms with Crippen molar-refractivity contribution >= 4 is 33.6 Å². The largest absolute Gasteiger partial charge is 0.339 e. The minimum Gasteiger partial charge on any atom is -0.339 e. The topological polar surface area (TPSA) is 66.5 Å². The zero-order valence-corrected chi connectivity index (χ0v) is 17.9. The van der Waals surface area contributed by atoms with Gasteiger partial charge in [0, 0.05) is 30.7 Å². The second kappa shape index (κ2) is 9.57. The van der Waals surface area contributed by atoms with Gasteiger partial charge in [-0.3, -0.25) is 4.79 Å². The number of nitrogens with zero attached hydrogens (tertiary/aromatic N) is 1. The molecule has 2 aromatic carbocycles. The molecule has 2 aromatic rings. The smallest absolute Gasteiger partial charge is 0.246 e. The Morgan fingerprint density at radius 3 is 2.55 bits per heavy atom. The summed E-state index contributed by atoms with van der Waals surface area (Å²) < 4.78 is 27.6. The van der Waals surface area contributed by atoms with E-state index in [4.69, 9.17) is 11.6 Å². The second-order valence-corrected chi connectivity index (χ2v) is 9.55. The molecule has 0 aliphatic carbocycles. The van der Waals surface area contributed by atoms with Crippen molar-refractivity contribution in [3.63, 3.8) is 0 Å². The molecular weight excluding hydrogens is 408 g/mol. The maximum absolute atomic E-state index is 12.5. The quantitative estimate of drug-likeness (QED) is 0.704. The number of piperidine rings is 1. The molecule has 3 rings (SSSR count). The zero-order valence-electron chi connectivity index (χ0n) is 16.3. The van der Waals surface area contributed by atoms with Gasteiger partial charge < -0.3 is 4.90 Å². The Labute approximate surface area is 177 Å². The molecule has 1 heterocycles. The second-order valence-electron chi connectivity index (χ2n) is 7.34. The molecule has 154 valence electrons. The van der Waals surface area contributed by atoms with Crippen LogP contribution in [0.3, 0.4) is 0 Å². The lowest BCUT2D eigenvalue weighted by molar-refractivity contribution is -0.127. The molecule has 1 N–H and O–H groups in total. The molecule has 1 amide bonds. The van der Waals surface area contributed by atoms with Gasteiger partial charge in [0.15, 0.2) is 0 Å². The van der Waals surface area contributed by atoms with Gasteiger partial charge in [-0.05, 0) is 61.6 Å². The Morgan fingerprint density at radius 2 is 1.86 bits per heavy atom.